The molecule has 1 aliphatic heterocycles. The zero-order valence-corrected chi connectivity index (χ0v) is 17.8. The van der Waals surface area contributed by atoms with Crippen LogP contribution in [0.3, 0.4) is 0 Å². The number of aliphatic carboxylic acids is 1. The van der Waals surface area contributed by atoms with Gasteiger partial charge in [0, 0.05) is 40.6 Å². The Bertz CT molecular complexity index is 1400. The van der Waals surface area contributed by atoms with E-state index in [4.69, 9.17) is 47.7 Å². The van der Waals surface area contributed by atoms with Crippen LogP contribution < -0.4 is 16.0 Å². The highest BCUT2D eigenvalue weighted by Gasteiger charge is 2.38. The molecule has 176 valence electrons. The maximum absolute atomic E-state index is 14.5. The Kier molecular flexibility index (Phi) is 5.98. The van der Waals surface area contributed by atoms with E-state index in [1.807, 2.05) is 0 Å². The highest BCUT2D eigenvalue weighted by molar-refractivity contribution is 6.42. The van der Waals surface area contributed by atoms with Crippen molar-refractivity contribution < 1.29 is 36.3 Å². The van der Waals surface area contributed by atoms with Gasteiger partial charge in [-0.15, -0.1) is 0 Å². The summed E-state index contributed by atoms with van der Waals surface area (Å²) in [6.07, 6.45) is -3.94. The highest BCUT2D eigenvalue weighted by atomic mass is 35.5. The summed E-state index contributed by atoms with van der Waals surface area (Å²) in [5.41, 5.74) is 7.05. The molecule has 7 nitrogen and oxygen atoms in total. The summed E-state index contributed by atoms with van der Waals surface area (Å²) < 4.78 is 76.3. The lowest BCUT2D eigenvalue weighted by molar-refractivity contribution is -0.192. The summed E-state index contributed by atoms with van der Waals surface area (Å²) in [4.78, 5) is 17.3. The molecule has 3 N–H and O–H groups in total. The van der Waals surface area contributed by atoms with Gasteiger partial charge in [0.25, 0.3) is 0 Å². The van der Waals surface area contributed by atoms with Crippen LogP contribution >= 0.6 is 23.2 Å². The standard InChI is InChI=1S/C18H15Cl2FN4O.C2HF3O2/c1-25-8-23-18(24-13-3-2-12(19)16(20)17(13)21)11-4-10-9(6-22)7-26-15(10)5-14(11)25;3-2(4,5)1(6)7/h2-5,8-9H,6-7,22H2,1H3;(H,6,7)/i1D3;. The van der Waals surface area contributed by atoms with Crippen molar-refractivity contribution in [3.8, 4) is 5.75 Å². The van der Waals surface area contributed by atoms with Crippen LogP contribution in [0, 0.1) is 5.82 Å². The Labute approximate surface area is 198 Å². The summed E-state index contributed by atoms with van der Waals surface area (Å²) in [6, 6.07) is 6.17. The van der Waals surface area contributed by atoms with Gasteiger partial charge < -0.3 is 20.1 Å². The van der Waals surface area contributed by atoms with Crippen LogP contribution in [-0.2, 0) is 11.8 Å². The number of carboxylic acids is 1. The Hall–Kier alpha value is -2.89. The zero-order chi connectivity index (χ0) is 27.0. The lowest BCUT2D eigenvalue weighted by atomic mass is 10.00. The van der Waals surface area contributed by atoms with Crippen molar-refractivity contribution >= 4 is 45.8 Å². The summed E-state index contributed by atoms with van der Waals surface area (Å²) in [7, 11) is 0. The molecule has 4 rings (SSSR count). The number of hydrogen-bond donors (Lipinski definition) is 2. The van der Waals surface area contributed by atoms with E-state index in [0.717, 1.165) is 16.5 Å². The van der Waals surface area contributed by atoms with Crippen molar-refractivity contribution in [2.24, 2.45) is 17.7 Å². The Morgan fingerprint density at radius 1 is 1.42 bits per heavy atom. The smallest absolute Gasteiger partial charge is 0.490 e. The first-order valence-electron chi connectivity index (χ1n) is 10.5. The summed E-state index contributed by atoms with van der Waals surface area (Å²) in [5.74, 6) is -3.02. The van der Waals surface area contributed by atoms with Gasteiger partial charge in [0.1, 0.15) is 11.4 Å². The molecule has 0 bridgehead atoms. The maximum Gasteiger partial charge on any atom is 0.490 e. The molecule has 0 saturated carbocycles. The van der Waals surface area contributed by atoms with E-state index in [9.17, 15) is 17.6 Å². The predicted octanol–water partition coefficient (Wildman–Crippen LogP) is 4.32. The first-order chi connectivity index (χ1) is 16.6. The van der Waals surface area contributed by atoms with Crippen LogP contribution in [0.1, 0.15) is 15.6 Å². The Morgan fingerprint density at radius 2 is 2.12 bits per heavy atom. The number of fused-ring (bicyclic) bond motifs is 2. The quantitative estimate of drug-likeness (QED) is 0.395. The Morgan fingerprint density at radius 3 is 2.73 bits per heavy atom. The van der Waals surface area contributed by atoms with Gasteiger partial charge in [0.05, 0.1) is 28.5 Å². The monoisotopic (exact) mass is 509 g/mol. The summed E-state index contributed by atoms with van der Waals surface area (Å²) >= 11 is 11.7. The van der Waals surface area contributed by atoms with Crippen molar-refractivity contribution in [3.05, 3.63) is 57.5 Å². The van der Waals surface area contributed by atoms with Crippen molar-refractivity contribution in [2.45, 2.75) is 12.1 Å². The molecule has 0 radical (unpaired) electrons. The third-order valence-corrected chi connectivity index (χ3v) is 5.35. The number of alkyl halides is 3. The maximum atomic E-state index is 14.5. The minimum Gasteiger partial charge on any atom is -0.493 e. The van der Waals surface area contributed by atoms with Gasteiger partial charge in [-0.2, -0.15) is 13.2 Å². The number of rotatable bonds is 2. The van der Waals surface area contributed by atoms with Gasteiger partial charge in [0.15, 0.2) is 11.3 Å². The highest BCUT2D eigenvalue weighted by Crippen LogP contribution is 2.36. The SMILES string of the molecule is O=C(O)C(F)(F)F.[2H]C([2H])([2H])n1cnc(=Nc2ccc(Cl)c(Cl)c2F)c2cc3c(cc21)OCC3CN. The Balaban J connectivity index is 0.000000454. The molecule has 0 fully saturated rings. The number of hydrogen-bond acceptors (Lipinski definition) is 5. The molecule has 1 atom stereocenters. The van der Waals surface area contributed by atoms with E-state index in [1.165, 1.54) is 12.1 Å². The number of benzene rings is 2. The average molecular weight is 510 g/mol. The molecule has 2 heterocycles. The first kappa shape index (κ1) is 20.7. The van der Waals surface area contributed by atoms with Crippen LogP contribution in [-0.4, -0.2) is 40.0 Å². The van der Waals surface area contributed by atoms with E-state index in [-0.39, 0.29) is 27.1 Å². The predicted molar refractivity (Wildman–Crippen MR) is 113 cm³/mol. The van der Waals surface area contributed by atoms with Crippen molar-refractivity contribution in [1.29, 1.82) is 0 Å². The number of carbonyl (C=O) groups is 1. The van der Waals surface area contributed by atoms with Crippen LogP contribution in [0.4, 0.5) is 23.2 Å². The van der Waals surface area contributed by atoms with Crippen LogP contribution in [0.15, 0.2) is 35.6 Å². The molecule has 0 spiro atoms. The number of ether oxygens (including phenoxy) is 1. The van der Waals surface area contributed by atoms with Gasteiger partial charge in [0.2, 0.25) is 0 Å². The molecule has 0 aliphatic carbocycles. The fourth-order valence-electron chi connectivity index (χ4n) is 2.93. The van der Waals surface area contributed by atoms with Crippen LogP contribution in [0.25, 0.3) is 10.9 Å². The fraction of sp³-hybridized carbons (Fsp3) is 0.250. The van der Waals surface area contributed by atoms with E-state index in [1.54, 1.807) is 12.1 Å². The molecule has 2 aromatic carbocycles. The minimum atomic E-state index is -5.08. The minimum absolute atomic E-state index is 0.0367. The second kappa shape index (κ2) is 9.54. The van der Waals surface area contributed by atoms with Crippen molar-refractivity contribution in [2.75, 3.05) is 13.2 Å². The van der Waals surface area contributed by atoms with E-state index >= 15 is 0 Å². The third-order valence-electron chi connectivity index (χ3n) is 4.57. The lowest BCUT2D eigenvalue weighted by Crippen LogP contribution is -2.21. The van der Waals surface area contributed by atoms with Gasteiger partial charge in [-0.25, -0.2) is 19.2 Å². The fourth-order valence-corrected chi connectivity index (χ4v) is 3.24. The molecule has 33 heavy (non-hydrogen) atoms. The molecule has 1 aromatic heterocycles. The van der Waals surface area contributed by atoms with Gasteiger partial charge >= 0.3 is 12.1 Å². The molecule has 3 aromatic rings. The molecule has 13 heteroatoms. The largest absolute Gasteiger partial charge is 0.493 e. The molecular formula is C20H16Cl2F4N4O3. The molecule has 0 amide bonds. The summed E-state index contributed by atoms with van der Waals surface area (Å²) in [5, 5.41) is 7.37. The number of carboxylic acid groups (broad SMARTS) is 1. The zero-order valence-electron chi connectivity index (χ0n) is 19.3. The topological polar surface area (TPSA) is 103 Å². The second-order valence-electron chi connectivity index (χ2n) is 6.70. The number of nitrogens with zero attached hydrogens (tertiary/aromatic N) is 3. The number of halogens is 6. The van der Waals surface area contributed by atoms with Gasteiger partial charge in [-0.05, 0) is 18.2 Å². The van der Waals surface area contributed by atoms with E-state index in [0.29, 0.717) is 29.8 Å². The molecule has 1 unspecified atom stereocenters. The van der Waals surface area contributed by atoms with Gasteiger partial charge in [-0.1, -0.05) is 23.2 Å². The number of aromatic nitrogens is 2. The van der Waals surface area contributed by atoms with E-state index in [2.05, 4.69) is 9.98 Å². The molecule has 1 aliphatic rings. The second-order valence-corrected chi connectivity index (χ2v) is 7.48. The van der Waals surface area contributed by atoms with Crippen LogP contribution in [0.5, 0.6) is 5.75 Å². The number of nitrogens with two attached hydrogens (primary N) is 1. The van der Waals surface area contributed by atoms with Crippen LogP contribution in [0.2, 0.25) is 10.0 Å². The van der Waals surface area contributed by atoms with E-state index < -0.39 is 24.9 Å². The normalized spacial score (nSPS) is 17.4. The lowest BCUT2D eigenvalue weighted by Gasteiger charge is -2.09. The average Bonchev–Trinajstić information content (AvgIpc) is 3.19. The number of aryl methyl sites for hydroxylation is 1. The van der Waals surface area contributed by atoms with Crippen molar-refractivity contribution in [1.82, 2.24) is 9.55 Å². The summed E-state index contributed by atoms with van der Waals surface area (Å²) in [6.45, 7) is -1.71. The van der Waals surface area contributed by atoms with Crippen molar-refractivity contribution in [3.63, 3.8) is 0 Å². The third kappa shape index (κ3) is 5.21. The molecular weight excluding hydrogens is 491 g/mol. The van der Waals surface area contributed by atoms with Gasteiger partial charge in [-0.3, -0.25) is 0 Å². The first-order valence-corrected chi connectivity index (χ1v) is 9.77. The molecule has 0 saturated heterocycles.